The van der Waals surface area contributed by atoms with Crippen molar-refractivity contribution in [3.8, 4) is 0 Å². The number of nitrogens with zero attached hydrogens (tertiary/aromatic N) is 6. The third kappa shape index (κ3) is 7.11. The third-order valence-corrected chi connectivity index (χ3v) is 26.8. The molecule has 9 aromatic carbocycles. The van der Waals surface area contributed by atoms with E-state index in [1.165, 1.54) is 38.1 Å². The minimum absolute atomic E-state index is 0.0241. The lowest BCUT2D eigenvalue weighted by Crippen LogP contribution is -2.54. The first-order valence-corrected chi connectivity index (χ1v) is 36.8. The Morgan fingerprint density at radius 1 is 0.359 bits per heavy atom. The maximum Gasteiger partial charge on any atom is 0.252 e. The van der Waals surface area contributed by atoms with Crippen LogP contribution in [0.5, 0.6) is 0 Å². The van der Waals surface area contributed by atoms with Crippen LogP contribution in [-0.4, -0.2) is 90.1 Å². The second-order valence-corrected chi connectivity index (χ2v) is 31.0. The van der Waals surface area contributed by atoms with E-state index >= 15 is 0 Å². The maximum absolute atomic E-state index is 13.4. The van der Waals surface area contributed by atoms with Crippen molar-refractivity contribution in [2.24, 2.45) is 17.8 Å². The highest BCUT2D eigenvalue weighted by atomic mass is 16.6. The van der Waals surface area contributed by atoms with Crippen molar-refractivity contribution < 1.29 is 33.4 Å². The number of nitrogens with one attached hydrogen (secondary N) is 5. The Kier molecular flexibility index (Phi) is 11.9. The van der Waals surface area contributed by atoms with Gasteiger partial charge < -0.3 is 68.2 Å². The van der Waals surface area contributed by atoms with Crippen LogP contribution in [0, 0.1) is 17.8 Å². The number of aromatic nitrogens is 6. The minimum atomic E-state index is -0.648. The number of fused-ring (bicyclic) bond motifs is 39. The number of ether oxygens (including phenoxy) is 3. The summed E-state index contributed by atoms with van der Waals surface area (Å²) in [7, 11) is 6.13. The zero-order valence-electron chi connectivity index (χ0n) is 58.8. The van der Waals surface area contributed by atoms with Crippen LogP contribution < -0.4 is 26.6 Å². The molecule has 0 unspecified atom stereocenters. The summed E-state index contributed by atoms with van der Waals surface area (Å²) < 4.78 is 35.6. The highest BCUT2D eigenvalue weighted by Crippen LogP contribution is 2.59. The molecule has 514 valence electrons. The number of amides is 2. The van der Waals surface area contributed by atoms with E-state index < -0.39 is 17.2 Å². The molecule has 3 fully saturated rings. The Morgan fingerprint density at radius 3 is 0.981 bits per heavy atom. The zero-order chi connectivity index (χ0) is 69.7. The summed E-state index contributed by atoms with van der Waals surface area (Å²) in [5, 5.41) is 29.9. The Morgan fingerprint density at radius 2 is 0.621 bits per heavy atom. The van der Waals surface area contributed by atoms with Crippen LogP contribution in [0.1, 0.15) is 138 Å². The number of benzene rings is 9. The first-order chi connectivity index (χ1) is 50.0. The number of hydrogen-bond donors (Lipinski definition) is 5. The monoisotopic (exact) mass is 1360 g/mol. The number of para-hydroxylation sites is 6. The van der Waals surface area contributed by atoms with Gasteiger partial charge in [0.05, 0.1) is 83.7 Å². The van der Waals surface area contributed by atoms with Gasteiger partial charge in [-0.2, -0.15) is 0 Å². The smallest absolute Gasteiger partial charge is 0.252 e. The summed E-state index contributed by atoms with van der Waals surface area (Å²) in [5.41, 5.74) is 16.6. The molecule has 24 rings (SSSR count). The van der Waals surface area contributed by atoms with E-state index in [4.69, 9.17) is 14.2 Å². The fraction of sp³-hybridized carbons (Fsp3) is 0.318. The highest BCUT2D eigenvalue weighted by molar-refractivity contribution is 6.41. The van der Waals surface area contributed by atoms with Gasteiger partial charge in [0.2, 0.25) is 0 Å². The van der Waals surface area contributed by atoms with Crippen LogP contribution >= 0.6 is 0 Å². The van der Waals surface area contributed by atoms with Gasteiger partial charge in [-0.15, -0.1) is 0 Å². The topological polar surface area (TPSA) is 186 Å². The van der Waals surface area contributed by atoms with E-state index in [0.717, 1.165) is 134 Å². The molecule has 0 spiro atoms. The number of Topliss-reactive ketones (excluding diaryl/α,β-unsaturated/α-hetero) is 2. The first kappa shape index (κ1) is 60.4. The van der Waals surface area contributed by atoms with Gasteiger partial charge in [0.15, 0.2) is 11.6 Å². The molecule has 9 aliphatic rings. The predicted octanol–water partition coefficient (Wildman–Crippen LogP) is 15.5. The SMILES string of the molecule is CN[C@@H]1C[C@H]2O[C@@](C)([C@@H]1C)n1c3ccccc3c3c4c(c5c6ccccc6n2c5c31)C(=O)CC4=O.CN[C@@H]1C[C@H]2O[C@@](C)([C@@H]1C)n1c3ccccc3c3c4c(c5c6ccccc6n2c5c31)C(=O)NC4.CN[C@@H]1C[C@H]2O[C@@](C)([C@@H]1C)n1c3ccccc3c3c4c(c5c6ccccc6n2c5c31)CNC4=O. The largest absolute Gasteiger partial charge is 0.348 e. The molecular weight excluding hydrogens is 1290 g/mol. The molecule has 6 aromatic heterocycles. The van der Waals surface area contributed by atoms with Crippen molar-refractivity contribution in [3.63, 3.8) is 0 Å². The van der Waals surface area contributed by atoms with Gasteiger partial charge in [-0.1, -0.05) is 130 Å². The summed E-state index contributed by atoms with van der Waals surface area (Å²) in [5.74, 6) is 0.527. The Balaban J connectivity index is 0.0000000974. The van der Waals surface area contributed by atoms with Gasteiger partial charge in [-0.25, -0.2) is 0 Å². The molecule has 1 aliphatic carbocycles. The molecule has 103 heavy (non-hydrogen) atoms. The average molecular weight is 1360 g/mol. The number of hydrogen-bond acceptors (Lipinski definition) is 10. The van der Waals surface area contributed by atoms with Crippen molar-refractivity contribution in [2.45, 2.75) is 134 Å². The van der Waals surface area contributed by atoms with Crippen molar-refractivity contribution in [2.75, 3.05) is 21.1 Å². The van der Waals surface area contributed by atoms with Crippen LogP contribution in [0.25, 0.3) is 131 Å². The summed E-state index contributed by atoms with van der Waals surface area (Å²) in [6, 6.07) is 51.5. The predicted molar refractivity (Wildman–Crippen MR) is 404 cm³/mol. The molecule has 15 aromatic rings. The average Bonchev–Trinajstić information content (AvgIpc) is 1.52. The van der Waals surface area contributed by atoms with Gasteiger partial charge >= 0.3 is 0 Å². The molecule has 6 bridgehead atoms. The number of ketones is 2. The van der Waals surface area contributed by atoms with Gasteiger partial charge in [-0.3, -0.25) is 19.2 Å². The van der Waals surface area contributed by atoms with E-state index in [1.807, 2.05) is 31.3 Å². The molecule has 14 heterocycles. The molecule has 8 aliphatic heterocycles. The summed E-state index contributed by atoms with van der Waals surface area (Å²) in [6.07, 6.45) is 2.07. The van der Waals surface area contributed by atoms with E-state index in [1.54, 1.807) is 0 Å². The molecule has 12 atom stereocenters. The van der Waals surface area contributed by atoms with Crippen molar-refractivity contribution in [1.29, 1.82) is 0 Å². The first-order valence-electron chi connectivity index (χ1n) is 36.8. The summed E-state index contributed by atoms with van der Waals surface area (Å²) in [4.78, 5) is 53.4. The number of carbonyl (C=O) groups excluding carboxylic acids is 4. The van der Waals surface area contributed by atoms with Crippen molar-refractivity contribution in [1.82, 2.24) is 54.0 Å². The summed E-state index contributed by atoms with van der Waals surface area (Å²) in [6.45, 7) is 14.6. The molecule has 2 amide bonds. The fourth-order valence-electron chi connectivity index (χ4n) is 21.9. The van der Waals surface area contributed by atoms with Gasteiger partial charge in [0.1, 0.15) is 35.9 Å². The lowest BCUT2D eigenvalue weighted by Gasteiger charge is -2.48. The molecule has 3 saturated heterocycles. The van der Waals surface area contributed by atoms with Crippen LogP contribution in [-0.2, 0) is 44.5 Å². The Bertz CT molecular complexity index is 6490. The lowest BCUT2D eigenvalue weighted by molar-refractivity contribution is -0.224. The molecule has 18 heteroatoms. The number of carbonyl (C=O) groups is 4. The van der Waals surface area contributed by atoms with Crippen molar-refractivity contribution in [3.05, 3.63) is 179 Å². The quantitative estimate of drug-likeness (QED) is 0.107. The molecule has 5 N–H and O–H groups in total. The second-order valence-electron chi connectivity index (χ2n) is 31.0. The van der Waals surface area contributed by atoms with E-state index in [0.29, 0.717) is 36.3 Å². The van der Waals surface area contributed by atoms with E-state index in [9.17, 15) is 19.2 Å². The second kappa shape index (κ2) is 20.4. The summed E-state index contributed by atoms with van der Waals surface area (Å²) >= 11 is 0. The van der Waals surface area contributed by atoms with Gasteiger partial charge in [0.25, 0.3) is 11.8 Å². The molecule has 0 radical (unpaired) electrons. The van der Waals surface area contributed by atoms with Crippen LogP contribution in [0.4, 0.5) is 0 Å². The normalized spacial score (nSPS) is 27.7. The van der Waals surface area contributed by atoms with Crippen LogP contribution in [0.3, 0.4) is 0 Å². The van der Waals surface area contributed by atoms with Crippen LogP contribution in [0.2, 0.25) is 0 Å². The molecular formula is C85H77N11O7. The maximum atomic E-state index is 13.4. The fourth-order valence-corrected chi connectivity index (χ4v) is 21.9. The Labute approximate surface area is 590 Å². The minimum Gasteiger partial charge on any atom is -0.348 e. The highest BCUT2D eigenvalue weighted by Gasteiger charge is 2.55. The standard InChI is InChI=1S/C29H25N3O3.2C28H26N4O2/c1-14-17(30-3)12-22-31-18-10-6-4-8-15(18)23-25-20(33)13-21(34)26(25)24-16-9-5-7-11-19(16)32(28(24)27(23)31)29(14,2)35-22;1-14-18(29-3)12-21-31-19-10-6-4-8-15(19)23-24-17(13-30-27(24)33)22-16-9-5-7-11-20(16)32(26(22)25(23)31)28(14,2)34-21;1-14-18(29-3)12-21-31-19-10-6-4-8-15(19)22-17-13-30-27(33)24(17)23-16-9-5-7-11-20(16)32(26(23)25(22)31)28(14,2)34-21/h4-11,14,17,22,30H,12-13H2,1-3H3;2*4-11,14,18,21,29H,12-13H2,1-3H3,(H,30,33)/t14-,17-,22-,29+;2*14-,18-,21-,28+/m111/s1. The molecule has 0 saturated carbocycles. The van der Waals surface area contributed by atoms with Gasteiger partial charge in [0, 0.05) is 144 Å². The zero-order valence-corrected chi connectivity index (χ0v) is 58.8. The van der Waals surface area contributed by atoms with Gasteiger partial charge in [-0.05, 0) is 89.4 Å². The lowest BCUT2D eigenvalue weighted by atomic mass is 9.85. The number of rotatable bonds is 3. The van der Waals surface area contributed by atoms with E-state index in [2.05, 4.69) is 231 Å². The molecule has 18 nitrogen and oxygen atoms in total. The van der Waals surface area contributed by atoms with Crippen molar-refractivity contribution >= 4 is 154 Å². The van der Waals surface area contributed by atoms with Crippen LogP contribution in [0.15, 0.2) is 146 Å². The third-order valence-electron chi connectivity index (χ3n) is 26.8. The Hall–Kier alpha value is -10.2. The van der Waals surface area contributed by atoms with E-state index in [-0.39, 0.29) is 72.3 Å².